The first-order valence-electron chi connectivity index (χ1n) is 7.17. The lowest BCUT2D eigenvalue weighted by atomic mass is 9.63. The molecule has 0 bridgehead atoms. The average molecular weight is 250 g/mol. The molecular weight excluding hydrogens is 228 g/mol. The first-order valence-corrected chi connectivity index (χ1v) is 7.17. The van der Waals surface area contributed by atoms with Crippen molar-refractivity contribution in [3.63, 3.8) is 0 Å². The lowest BCUT2D eigenvalue weighted by Gasteiger charge is -2.41. The van der Waals surface area contributed by atoms with Crippen LogP contribution in [0.4, 0.5) is 0 Å². The summed E-state index contributed by atoms with van der Waals surface area (Å²) in [7, 11) is 0. The topological polar surface area (TPSA) is 46.5 Å². The molecule has 18 heavy (non-hydrogen) atoms. The monoisotopic (exact) mass is 250 g/mol. The van der Waals surface area contributed by atoms with Crippen LogP contribution in [0.5, 0.6) is 0 Å². The third-order valence-electron chi connectivity index (χ3n) is 6.68. The van der Waals surface area contributed by atoms with Gasteiger partial charge in [-0.2, -0.15) is 0 Å². The van der Waals surface area contributed by atoms with Gasteiger partial charge in [0.25, 0.3) is 0 Å². The van der Waals surface area contributed by atoms with Crippen LogP contribution in [0.15, 0.2) is 0 Å². The van der Waals surface area contributed by atoms with Crippen molar-refractivity contribution < 1.29 is 14.6 Å². The number of aliphatic hydroxyl groups excluding tert-OH is 1. The van der Waals surface area contributed by atoms with Gasteiger partial charge in [0.05, 0.1) is 18.1 Å². The number of carbonyl (C=O) groups excluding carboxylic acids is 1. The summed E-state index contributed by atoms with van der Waals surface area (Å²) >= 11 is 0. The second-order valence-corrected chi connectivity index (χ2v) is 8.10. The molecule has 4 rings (SSSR count). The van der Waals surface area contributed by atoms with Gasteiger partial charge in [-0.3, -0.25) is 4.79 Å². The van der Waals surface area contributed by atoms with Crippen molar-refractivity contribution in [2.75, 3.05) is 6.61 Å². The van der Waals surface area contributed by atoms with E-state index in [1.165, 1.54) is 0 Å². The van der Waals surface area contributed by atoms with Gasteiger partial charge in [-0.15, -0.1) is 0 Å². The second-order valence-electron chi connectivity index (χ2n) is 8.10. The Morgan fingerprint density at radius 2 is 1.94 bits per heavy atom. The summed E-state index contributed by atoms with van der Waals surface area (Å²) in [6, 6.07) is 0. The number of rotatable bonds is 0. The third kappa shape index (κ3) is 0.974. The Morgan fingerprint density at radius 3 is 2.67 bits per heavy atom. The smallest absolute Gasteiger partial charge is 0.313 e. The van der Waals surface area contributed by atoms with Crippen LogP contribution in [0.2, 0.25) is 0 Å². The number of hydrogen-bond donors (Lipinski definition) is 1. The van der Waals surface area contributed by atoms with E-state index in [0.29, 0.717) is 23.9 Å². The molecule has 1 N–H and O–H groups in total. The molecule has 0 radical (unpaired) electrons. The maximum atomic E-state index is 12.1. The minimum Gasteiger partial charge on any atom is -0.465 e. The highest BCUT2D eigenvalue weighted by Crippen LogP contribution is 2.81. The first-order chi connectivity index (χ1) is 8.32. The molecule has 3 saturated carbocycles. The van der Waals surface area contributed by atoms with E-state index in [-0.39, 0.29) is 28.8 Å². The number of hydrogen-bond acceptors (Lipinski definition) is 3. The van der Waals surface area contributed by atoms with Crippen molar-refractivity contribution in [3.8, 4) is 0 Å². The summed E-state index contributed by atoms with van der Waals surface area (Å²) in [6.07, 6.45) is 2.85. The summed E-state index contributed by atoms with van der Waals surface area (Å²) < 4.78 is 5.30. The Morgan fingerprint density at radius 1 is 1.22 bits per heavy atom. The minimum atomic E-state index is -0.334. The largest absolute Gasteiger partial charge is 0.465 e. The standard InChI is InChI=1S/C15H22O3/c1-13(2)4-8-9(5-13)14(3)7-15(14)10(11(8)16)6-18-12(15)17/h8-11,16H,4-7H2,1-3H3. The number of esters is 1. The summed E-state index contributed by atoms with van der Waals surface area (Å²) in [5, 5.41) is 10.7. The van der Waals surface area contributed by atoms with E-state index in [4.69, 9.17) is 4.74 Å². The molecule has 1 aliphatic heterocycles. The molecule has 3 aliphatic carbocycles. The van der Waals surface area contributed by atoms with Gasteiger partial charge in [0, 0.05) is 5.92 Å². The number of fused-ring (bicyclic) bond motifs is 2. The van der Waals surface area contributed by atoms with Crippen LogP contribution in [0.3, 0.4) is 0 Å². The van der Waals surface area contributed by atoms with Gasteiger partial charge in [-0.1, -0.05) is 20.8 Å². The number of cyclic esters (lactones) is 1. The average Bonchev–Trinajstić information content (AvgIpc) is 2.59. The molecule has 6 atom stereocenters. The van der Waals surface area contributed by atoms with Crippen LogP contribution in [-0.2, 0) is 9.53 Å². The molecule has 6 unspecified atom stereocenters. The molecule has 1 spiro atoms. The van der Waals surface area contributed by atoms with Gasteiger partial charge in [0.1, 0.15) is 0 Å². The van der Waals surface area contributed by atoms with E-state index < -0.39 is 0 Å². The molecule has 100 valence electrons. The van der Waals surface area contributed by atoms with Crippen LogP contribution >= 0.6 is 0 Å². The highest BCUT2D eigenvalue weighted by molar-refractivity contribution is 5.85. The van der Waals surface area contributed by atoms with Crippen LogP contribution in [0.25, 0.3) is 0 Å². The minimum absolute atomic E-state index is 0.0304. The third-order valence-corrected chi connectivity index (χ3v) is 6.68. The lowest BCUT2D eigenvalue weighted by Crippen LogP contribution is -2.47. The Hall–Kier alpha value is -0.570. The molecule has 1 saturated heterocycles. The quantitative estimate of drug-likeness (QED) is 0.669. The van der Waals surface area contributed by atoms with Crippen molar-refractivity contribution in [2.24, 2.45) is 34.0 Å². The Kier molecular flexibility index (Phi) is 1.75. The molecule has 4 fully saturated rings. The summed E-state index contributed by atoms with van der Waals surface area (Å²) in [6.45, 7) is 7.30. The highest BCUT2D eigenvalue weighted by Gasteiger charge is 2.83. The number of carbonyl (C=O) groups is 1. The Bertz CT molecular complexity index is 443. The molecule has 3 heteroatoms. The number of aliphatic hydroxyl groups is 1. The molecule has 0 aromatic rings. The zero-order valence-corrected chi connectivity index (χ0v) is 11.4. The molecule has 3 nitrogen and oxygen atoms in total. The van der Waals surface area contributed by atoms with Gasteiger partial charge in [0.15, 0.2) is 0 Å². The van der Waals surface area contributed by atoms with E-state index >= 15 is 0 Å². The molecule has 0 aromatic heterocycles. The molecule has 0 aromatic carbocycles. The van der Waals surface area contributed by atoms with Crippen LogP contribution in [0.1, 0.15) is 40.0 Å². The normalized spacial score (nSPS) is 59.7. The fourth-order valence-electron chi connectivity index (χ4n) is 5.80. The van der Waals surface area contributed by atoms with Crippen molar-refractivity contribution in [1.29, 1.82) is 0 Å². The van der Waals surface area contributed by atoms with Crippen molar-refractivity contribution in [2.45, 2.75) is 46.1 Å². The van der Waals surface area contributed by atoms with E-state index in [1.807, 2.05) is 0 Å². The highest BCUT2D eigenvalue weighted by atomic mass is 16.5. The maximum Gasteiger partial charge on any atom is 0.313 e. The predicted molar refractivity (Wildman–Crippen MR) is 65.6 cm³/mol. The molecule has 0 amide bonds. The van der Waals surface area contributed by atoms with Crippen LogP contribution < -0.4 is 0 Å². The van der Waals surface area contributed by atoms with E-state index in [1.54, 1.807) is 0 Å². The zero-order chi connectivity index (χ0) is 12.9. The fraction of sp³-hybridized carbons (Fsp3) is 0.933. The van der Waals surface area contributed by atoms with E-state index in [0.717, 1.165) is 19.3 Å². The summed E-state index contributed by atoms with van der Waals surface area (Å²) in [5.74, 6) is 0.909. The first kappa shape index (κ1) is 11.3. The van der Waals surface area contributed by atoms with E-state index in [9.17, 15) is 9.90 Å². The van der Waals surface area contributed by atoms with Crippen molar-refractivity contribution >= 4 is 5.97 Å². The van der Waals surface area contributed by atoms with Gasteiger partial charge < -0.3 is 9.84 Å². The van der Waals surface area contributed by atoms with Gasteiger partial charge in [-0.05, 0) is 41.9 Å². The Balaban J connectivity index is 1.80. The van der Waals surface area contributed by atoms with Gasteiger partial charge in [0.2, 0.25) is 0 Å². The Labute approximate surface area is 108 Å². The molecular formula is C15H22O3. The zero-order valence-electron chi connectivity index (χ0n) is 11.4. The van der Waals surface area contributed by atoms with Gasteiger partial charge in [-0.25, -0.2) is 0 Å². The van der Waals surface area contributed by atoms with Crippen molar-refractivity contribution in [3.05, 3.63) is 0 Å². The number of ether oxygens (including phenoxy) is 1. The van der Waals surface area contributed by atoms with Crippen LogP contribution in [0, 0.1) is 34.0 Å². The lowest BCUT2D eigenvalue weighted by molar-refractivity contribution is -0.145. The second kappa shape index (κ2) is 2.79. The SMILES string of the molecule is CC1(C)CC2C(O)C3COC(=O)C34CC4(C)C2C1. The van der Waals surface area contributed by atoms with Gasteiger partial charge >= 0.3 is 5.97 Å². The fourth-order valence-corrected chi connectivity index (χ4v) is 5.80. The molecule has 4 aliphatic rings. The molecule has 1 heterocycles. The van der Waals surface area contributed by atoms with E-state index in [2.05, 4.69) is 20.8 Å². The predicted octanol–water partition coefficient (Wildman–Crippen LogP) is 1.98. The van der Waals surface area contributed by atoms with Crippen LogP contribution in [-0.4, -0.2) is 23.8 Å². The summed E-state index contributed by atoms with van der Waals surface area (Å²) in [5.41, 5.74) is 0.0859. The van der Waals surface area contributed by atoms with Crippen molar-refractivity contribution in [1.82, 2.24) is 0 Å². The summed E-state index contributed by atoms with van der Waals surface area (Å²) in [4.78, 5) is 12.1. The maximum absolute atomic E-state index is 12.1.